The third-order valence-corrected chi connectivity index (χ3v) is 3.59. The Kier molecular flexibility index (Phi) is 4.73. The number of benzene rings is 1. The van der Waals surface area contributed by atoms with E-state index in [9.17, 15) is 13.9 Å². The fourth-order valence-electron chi connectivity index (χ4n) is 2.64. The lowest BCUT2D eigenvalue weighted by Gasteiger charge is -2.10. The summed E-state index contributed by atoms with van der Waals surface area (Å²) in [7, 11) is 0. The van der Waals surface area contributed by atoms with E-state index < -0.39 is 17.7 Å². The fourth-order valence-corrected chi connectivity index (χ4v) is 2.64. The zero-order valence-corrected chi connectivity index (χ0v) is 12.5. The number of aryl methyl sites for hydroxylation is 1. The summed E-state index contributed by atoms with van der Waals surface area (Å²) >= 11 is 0. The lowest BCUT2D eigenvalue weighted by Crippen LogP contribution is -2.09. The highest BCUT2D eigenvalue weighted by Crippen LogP contribution is 2.24. The van der Waals surface area contributed by atoms with E-state index in [0.29, 0.717) is 12.8 Å². The van der Waals surface area contributed by atoms with Crippen molar-refractivity contribution in [2.75, 3.05) is 0 Å². The summed E-state index contributed by atoms with van der Waals surface area (Å²) in [6.07, 6.45) is 0.733. The second kappa shape index (κ2) is 6.35. The minimum Gasteiger partial charge on any atom is -0.389 e. The van der Waals surface area contributed by atoms with Gasteiger partial charge in [-0.15, -0.1) is 0 Å². The molecule has 0 aliphatic heterocycles. The molecule has 1 aromatic carbocycles. The molecule has 1 atom stereocenters. The summed E-state index contributed by atoms with van der Waals surface area (Å²) in [6, 6.07) is 3.40. The lowest BCUT2D eigenvalue weighted by molar-refractivity contribution is 0.197. The van der Waals surface area contributed by atoms with Crippen LogP contribution in [0.2, 0.25) is 0 Å². The summed E-state index contributed by atoms with van der Waals surface area (Å²) in [5, 5.41) is 14.4. The number of hydrogen-bond donors (Lipinski definition) is 1. The number of rotatable bonds is 5. The molecule has 1 aromatic heterocycles. The number of aliphatic hydroxyl groups is 1. The highest BCUT2D eigenvalue weighted by molar-refractivity contribution is 5.30. The zero-order valence-electron chi connectivity index (χ0n) is 12.5. The van der Waals surface area contributed by atoms with Crippen LogP contribution in [0.4, 0.5) is 8.78 Å². The first-order chi connectivity index (χ1) is 9.97. The van der Waals surface area contributed by atoms with Crippen LogP contribution in [0, 0.1) is 11.6 Å². The number of nitrogens with zero attached hydrogens (tertiary/aromatic N) is 2. The first kappa shape index (κ1) is 15.6. The van der Waals surface area contributed by atoms with Crippen molar-refractivity contribution in [3.8, 4) is 0 Å². The van der Waals surface area contributed by atoms with Gasteiger partial charge in [0.05, 0.1) is 18.3 Å². The van der Waals surface area contributed by atoms with Crippen LogP contribution < -0.4 is 0 Å². The van der Waals surface area contributed by atoms with E-state index in [4.69, 9.17) is 0 Å². The van der Waals surface area contributed by atoms with Gasteiger partial charge in [-0.1, -0.05) is 13.8 Å². The molecule has 1 N–H and O–H groups in total. The normalized spacial score (nSPS) is 12.7. The van der Waals surface area contributed by atoms with Crippen molar-refractivity contribution < 1.29 is 13.9 Å². The average Bonchev–Trinajstić information content (AvgIpc) is 2.80. The van der Waals surface area contributed by atoms with E-state index >= 15 is 0 Å². The highest BCUT2D eigenvalue weighted by Gasteiger charge is 2.20. The van der Waals surface area contributed by atoms with Gasteiger partial charge in [-0.05, 0) is 38.0 Å². The van der Waals surface area contributed by atoms with E-state index in [1.54, 1.807) is 11.6 Å². The smallest absolute Gasteiger partial charge is 0.128 e. The van der Waals surface area contributed by atoms with Crippen molar-refractivity contribution in [2.24, 2.45) is 0 Å². The van der Waals surface area contributed by atoms with Gasteiger partial charge in [0.1, 0.15) is 11.6 Å². The predicted molar refractivity (Wildman–Crippen MR) is 77.1 cm³/mol. The first-order valence-electron chi connectivity index (χ1n) is 7.18. The Balaban J connectivity index is 2.46. The number of aromatic nitrogens is 2. The van der Waals surface area contributed by atoms with Crippen LogP contribution in [0.5, 0.6) is 0 Å². The molecule has 0 aliphatic carbocycles. The Morgan fingerprint density at radius 2 is 1.95 bits per heavy atom. The summed E-state index contributed by atoms with van der Waals surface area (Å²) in [5.41, 5.74) is 2.73. The molecule has 21 heavy (non-hydrogen) atoms. The molecule has 0 saturated heterocycles. The maximum absolute atomic E-state index is 13.8. The molecule has 114 valence electrons. The third kappa shape index (κ3) is 3.13. The molecule has 5 heteroatoms. The van der Waals surface area contributed by atoms with Crippen molar-refractivity contribution in [3.05, 3.63) is 52.3 Å². The monoisotopic (exact) mass is 294 g/mol. The van der Waals surface area contributed by atoms with Gasteiger partial charge in [0.25, 0.3) is 0 Å². The van der Waals surface area contributed by atoms with Crippen molar-refractivity contribution in [1.29, 1.82) is 0 Å². The molecule has 1 unspecified atom stereocenters. The molecule has 0 bridgehead atoms. The quantitative estimate of drug-likeness (QED) is 0.918. The Morgan fingerprint density at radius 1 is 1.24 bits per heavy atom. The standard InChI is InChI=1S/C16H20F2N2O/c1-4-14-16(10(3)21)15(5-2)20(19-14)9-11-8-12(17)6-7-13(11)18/h6-8,10,21H,4-5,9H2,1-3H3. The summed E-state index contributed by atoms with van der Waals surface area (Å²) in [5.74, 6) is -0.923. The third-order valence-electron chi connectivity index (χ3n) is 3.59. The van der Waals surface area contributed by atoms with Gasteiger partial charge in [-0.3, -0.25) is 4.68 Å². The Morgan fingerprint density at radius 3 is 2.52 bits per heavy atom. The second-order valence-electron chi connectivity index (χ2n) is 5.08. The highest BCUT2D eigenvalue weighted by atomic mass is 19.1. The topological polar surface area (TPSA) is 38.0 Å². The second-order valence-corrected chi connectivity index (χ2v) is 5.08. The largest absolute Gasteiger partial charge is 0.389 e. The van der Waals surface area contributed by atoms with Gasteiger partial charge in [-0.25, -0.2) is 8.78 Å². The van der Waals surface area contributed by atoms with Crippen molar-refractivity contribution in [3.63, 3.8) is 0 Å². The molecule has 0 aliphatic rings. The Hall–Kier alpha value is -1.75. The summed E-state index contributed by atoms with van der Waals surface area (Å²) in [4.78, 5) is 0. The molecule has 0 radical (unpaired) electrons. The number of aliphatic hydroxyl groups excluding tert-OH is 1. The van der Waals surface area contributed by atoms with Crippen LogP contribution >= 0.6 is 0 Å². The van der Waals surface area contributed by atoms with Crippen LogP contribution in [0.1, 0.15) is 49.4 Å². The molecule has 0 amide bonds. The zero-order chi connectivity index (χ0) is 15.6. The molecule has 3 nitrogen and oxygen atoms in total. The fraction of sp³-hybridized carbons (Fsp3) is 0.438. The molecule has 2 rings (SSSR count). The van der Waals surface area contributed by atoms with Gasteiger partial charge in [0.2, 0.25) is 0 Å². The summed E-state index contributed by atoms with van der Waals surface area (Å²) < 4.78 is 28.7. The van der Waals surface area contributed by atoms with Crippen molar-refractivity contribution in [2.45, 2.75) is 46.3 Å². The summed E-state index contributed by atoms with van der Waals surface area (Å²) in [6.45, 7) is 5.77. The average molecular weight is 294 g/mol. The van der Waals surface area contributed by atoms with Crippen molar-refractivity contribution >= 4 is 0 Å². The SMILES string of the molecule is CCc1nn(Cc2cc(F)ccc2F)c(CC)c1C(C)O. The van der Waals surface area contributed by atoms with Gasteiger partial charge in [-0.2, -0.15) is 5.10 Å². The van der Waals surface area contributed by atoms with Crippen LogP contribution in [0.15, 0.2) is 18.2 Å². The van der Waals surface area contributed by atoms with Crippen LogP contribution in [0.25, 0.3) is 0 Å². The van der Waals surface area contributed by atoms with Crippen LogP contribution in [-0.4, -0.2) is 14.9 Å². The van der Waals surface area contributed by atoms with Gasteiger partial charge in [0, 0.05) is 16.8 Å². The molecule has 2 aromatic rings. The number of hydrogen-bond acceptors (Lipinski definition) is 2. The lowest BCUT2D eigenvalue weighted by atomic mass is 10.0. The molecular weight excluding hydrogens is 274 g/mol. The Bertz CT molecular complexity index is 635. The molecule has 0 fully saturated rings. The van der Waals surface area contributed by atoms with Crippen LogP contribution in [-0.2, 0) is 19.4 Å². The van der Waals surface area contributed by atoms with E-state index in [2.05, 4.69) is 5.10 Å². The van der Waals surface area contributed by atoms with E-state index in [1.165, 1.54) is 6.07 Å². The van der Waals surface area contributed by atoms with Gasteiger partial charge < -0.3 is 5.11 Å². The molecule has 0 spiro atoms. The number of halogens is 2. The predicted octanol–water partition coefficient (Wildman–Crippen LogP) is 3.39. The Labute approximate surface area is 123 Å². The van der Waals surface area contributed by atoms with E-state index in [0.717, 1.165) is 29.1 Å². The minimum absolute atomic E-state index is 0.159. The van der Waals surface area contributed by atoms with Gasteiger partial charge in [0.15, 0.2) is 0 Å². The molecule has 1 heterocycles. The maximum atomic E-state index is 13.8. The van der Waals surface area contributed by atoms with E-state index in [-0.39, 0.29) is 12.1 Å². The molecule has 0 saturated carbocycles. The van der Waals surface area contributed by atoms with E-state index in [1.807, 2.05) is 13.8 Å². The van der Waals surface area contributed by atoms with Crippen LogP contribution in [0.3, 0.4) is 0 Å². The first-order valence-corrected chi connectivity index (χ1v) is 7.18. The van der Waals surface area contributed by atoms with Gasteiger partial charge >= 0.3 is 0 Å². The maximum Gasteiger partial charge on any atom is 0.128 e. The van der Waals surface area contributed by atoms with Crippen molar-refractivity contribution in [1.82, 2.24) is 9.78 Å². The molecular formula is C16H20F2N2O. The minimum atomic E-state index is -0.624.